The van der Waals surface area contributed by atoms with Gasteiger partial charge in [0.15, 0.2) is 0 Å². The molecule has 0 atom stereocenters. The van der Waals surface area contributed by atoms with E-state index in [0.717, 1.165) is 24.3 Å². The van der Waals surface area contributed by atoms with Gasteiger partial charge in [0, 0.05) is 25.8 Å². The summed E-state index contributed by atoms with van der Waals surface area (Å²) in [6.45, 7) is 2.13. The van der Waals surface area contributed by atoms with Crippen LogP contribution in [-0.4, -0.2) is 26.0 Å². The van der Waals surface area contributed by atoms with Gasteiger partial charge >= 0.3 is 0 Å². The zero-order chi connectivity index (χ0) is 10.7. The molecule has 15 heavy (non-hydrogen) atoms. The quantitative estimate of drug-likeness (QED) is 0.794. The topological polar surface area (TPSA) is 32.3 Å². The van der Waals surface area contributed by atoms with Crippen molar-refractivity contribution in [1.82, 2.24) is 5.32 Å². The fraction of sp³-hybridized carbons (Fsp3) is 0.417. The first-order valence-corrected chi connectivity index (χ1v) is 5.39. The first kappa shape index (κ1) is 10.0. The molecule has 2 rings (SSSR count). The van der Waals surface area contributed by atoms with Crippen molar-refractivity contribution in [2.75, 3.05) is 25.0 Å². The van der Waals surface area contributed by atoms with E-state index < -0.39 is 0 Å². The van der Waals surface area contributed by atoms with Crippen LogP contribution < -0.4 is 10.2 Å². The monoisotopic (exact) mass is 204 g/mol. The number of benzene rings is 1. The van der Waals surface area contributed by atoms with Crippen molar-refractivity contribution in [3.8, 4) is 0 Å². The maximum Gasteiger partial charge on any atom is 0.253 e. The molecular weight excluding hydrogens is 188 g/mol. The Morgan fingerprint density at radius 2 is 1.93 bits per heavy atom. The maximum atomic E-state index is 11.7. The van der Waals surface area contributed by atoms with Crippen LogP contribution in [0.15, 0.2) is 24.3 Å². The Bertz CT molecular complexity index is 356. The predicted octanol–water partition coefficient (Wildman–Crippen LogP) is 1.65. The van der Waals surface area contributed by atoms with E-state index in [4.69, 9.17) is 0 Å². The lowest BCUT2D eigenvalue weighted by molar-refractivity contribution is 0.0963. The number of hydrogen-bond acceptors (Lipinski definition) is 2. The van der Waals surface area contributed by atoms with Crippen LogP contribution in [-0.2, 0) is 0 Å². The second kappa shape index (κ2) is 4.34. The first-order chi connectivity index (χ1) is 7.33. The smallest absolute Gasteiger partial charge is 0.253 e. The Morgan fingerprint density at radius 1 is 1.27 bits per heavy atom. The van der Waals surface area contributed by atoms with Crippen LogP contribution >= 0.6 is 0 Å². The molecule has 0 aliphatic carbocycles. The molecule has 0 aromatic heterocycles. The minimum absolute atomic E-state index is 0.00231. The lowest BCUT2D eigenvalue weighted by Gasteiger charge is -2.20. The molecule has 0 saturated carbocycles. The zero-order valence-electron chi connectivity index (χ0n) is 8.99. The van der Waals surface area contributed by atoms with Crippen LogP contribution in [0.25, 0.3) is 0 Å². The fourth-order valence-electron chi connectivity index (χ4n) is 2.03. The van der Waals surface area contributed by atoms with Gasteiger partial charge in [0.05, 0.1) is 5.56 Å². The summed E-state index contributed by atoms with van der Waals surface area (Å²) in [4.78, 5) is 13.9. The van der Waals surface area contributed by atoms with Gasteiger partial charge in [-0.1, -0.05) is 12.1 Å². The van der Waals surface area contributed by atoms with Crippen molar-refractivity contribution in [1.29, 1.82) is 0 Å². The van der Waals surface area contributed by atoms with Crippen LogP contribution in [0.4, 0.5) is 5.69 Å². The second-order valence-electron chi connectivity index (χ2n) is 3.79. The van der Waals surface area contributed by atoms with Crippen LogP contribution in [0.3, 0.4) is 0 Å². The zero-order valence-corrected chi connectivity index (χ0v) is 8.99. The average molecular weight is 204 g/mol. The van der Waals surface area contributed by atoms with E-state index in [-0.39, 0.29) is 5.91 Å². The van der Waals surface area contributed by atoms with E-state index in [1.807, 2.05) is 24.3 Å². The molecule has 1 aromatic rings. The van der Waals surface area contributed by atoms with Crippen molar-refractivity contribution in [3.63, 3.8) is 0 Å². The Balaban J connectivity index is 2.32. The highest BCUT2D eigenvalue weighted by molar-refractivity contribution is 5.99. The van der Waals surface area contributed by atoms with Crippen LogP contribution in [0.2, 0.25) is 0 Å². The van der Waals surface area contributed by atoms with Gasteiger partial charge in [0.2, 0.25) is 0 Å². The van der Waals surface area contributed by atoms with Crippen molar-refractivity contribution >= 4 is 11.6 Å². The van der Waals surface area contributed by atoms with Crippen LogP contribution in [0.5, 0.6) is 0 Å². The molecule has 80 valence electrons. The van der Waals surface area contributed by atoms with E-state index in [9.17, 15) is 4.79 Å². The minimum Gasteiger partial charge on any atom is -0.371 e. The van der Waals surface area contributed by atoms with E-state index in [0.29, 0.717) is 0 Å². The number of para-hydroxylation sites is 1. The molecule has 1 aliphatic heterocycles. The molecule has 0 unspecified atom stereocenters. The molecule has 1 aromatic carbocycles. The predicted molar refractivity (Wildman–Crippen MR) is 61.3 cm³/mol. The van der Waals surface area contributed by atoms with Gasteiger partial charge in [-0.25, -0.2) is 0 Å². The van der Waals surface area contributed by atoms with Gasteiger partial charge < -0.3 is 10.2 Å². The second-order valence-corrected chi connectivity index (χ2v) is 3.79. The highest BCUT2D eigenvalue weighted by Gasteiger charge is 2.17. The molecule has 0 radical (unpaired) electrons. The summed E-state index contributed by atoms with van der Waals surface area (Å²) in [5.74, 6) is -0.00231. The minimum atomic E-state index is -0.00231. The third-order valence-corrected chi connectivity index (χ3v) is 2.82. The Hall–Kier alpha value is -1.51. The molecular formula is C12H16N2O. The Labute approximate surface area is 90.1 Å². The summed E-state index contributed by atoms with van der Waals surface area (Å²) in [6, 6.07) is 7.80. The highest BCUT2D eigenvalue weighted by Crippen LogP contribution is 2.24. The lowest BCUT2D eigenvalue weighted by Crippen LogP contribution is -2.24. The molecule has 0 spiro atoms. The molecule has 1 heterocycles. The van der Waals surface area contributed by atoms with E-state index in [1.165, 1.54) is 12.8 Å². The van der Waals surface area contributed by atoms with Gasteiger partial charge in [0.1, 0.15) is 0 Å². The molecule has 0 bridgehead atoms. The summed E-state index contributed by atoms with van der Waals surface area (Å²) in [6.07, 6.45) is 2.45. The third kappa shape index (κ3) is 1.96. The molecule has 1 aliphatic rings. The number of amides is 1. The number of anilines is 1. The van der Waals surface area contributed by atoms with Gasteiger partial charge in [-0.3, -0.25) is 4.79 Å². The van der Waals surface area contributed by atoms with Crippen LogP contribution in [0.1, 0.15) is 23.2 Å². The average Bonchev–Trinajstić information content (AvgIpc) is 2.81. The summed E-state index contributed by atoms with van der Waals surface area (Å²) in [7, 11) is 1.67. The fourth-order valence-corrected chi connectivity index (χ4v) is 2.03. The van der Waals surface area contributed by atoms with E-state index >= 15 is 0 Å². The number of hydrogen-bond donors (Lipinski definition) is 1. The highest BCUT2D eigenvalue weighted by atomic mass is 16.1. The van der Waals surface area contributed by atoms with Crippen molar-refractivity contribution in [2.24, 2.45) is 0 Å². The summed E-state index contributed by atoms with van der Waals surface area (Å²) in [5.41, 5.74) is 1.84. The third-order valence-electron chi connectivity index (χ3n) is 2.82. The van der Waals surface area contributed by atoms with Crippen molar-refractivity contribution in [2.45, 2.75) is 12.8 Å². The molecule has 3 nitrogen and oxygen atoms in total. The van der Waals surface area contributed by atoms with E-state index in [2.05, 4.69) is 10.2 Å². The summed E-state index contributed by atoms with van der Waals surface area (Å²) >= 11 is 0. The molecule has 1 N–H and O–H groups in total. The molecule has 1 amide bonds. The van der Waals surface area contributed by atoms with Gasteiger partial charge in [-0.2, -0.15) is 0 Å². The molecule has 1 fully saturated rings. The number of carbonyl (C=O) groups excluding carboxylic acids is 1. The standard InChI is InChI=1S/C12H16N2O/c1-13-12(15)10-6-2-3-7-11(10)14-8-4-5-9-14/h2-3,6-7H,4-5,8-9H2,1H3,(H,13,15). The Morgan fingerprint density at radius 3 is 2.60 bits per heavy atom. The SMILES string of the molecule is CNC(=O)c1ccccc1N1CCCC1. The van der Waals surface area contributed by atoms with Crippen LogP contribution in [0, 0.1) is 0 Å². The van der Waals surface area contributed by atoms with E-state index in [1.54, 1.807) is 7.05 Å². The summed E-state index contributed by atoms with van der Waals surface area (Å²) in [5, 5.41) is 2.68. The first-order valence-electron chi connectivity index (χ1n) is 5.39. The molecule has 3 heteroatoms. The number of nitrogens with one attached hydrogen (secondary N) is 1. The van der Waals surface area contributed by atoms with Gasteiger partial charge in [-0.05, 0) is 25.0 Å². The normalized spacial score (nSPS) is 15.4. The Kier molecular flexibility index (Phi) is 2.90. The maximum absolute atomic E-state index is 11.7. The summed E-state index contributed by atoms with van der Waals surface area (Å²) < 4.78 is 0. The van der Waals surface area contributed by atoms with Crippen molar-refractivity contribution in [3.05, 3.63) is 29.8 Å². The number of nitrogens with zero attached hydrogens (tertiary/aromatic N) is 1. The number of carbonyl (C=O) groups is 1. The largest absolute Gasteiger partial charge is 0.371 e. The van der Waals surface area contributed by atoms with Gasteiger partial charge in [0.25, 0.3) is 5.91 Å². The molecule has 1 saturated heterocycles. The lowest BCUT2D eigenvalue weighted by atomic mass is 10.1. The van der Waals surface area contributed by atoms with Crippen molar-refractivity contribution < 1.29 is 4.79 Å². The van der Waals surface area contributed by atoms with Gasteiger partial charge in [-0.15, -0.1) is 0 Å². The number of rotatable bonds is 2.